The van der Waals surface area contributed by atoms with Crippen molar-refractivity contribution in [3.63, 3.8) is 0 Å². The molecule has 2 rings (SSSR count). The van der Waals surface area contributed by atoms with E-state index < -0.39 is 0 Å². The van der Waals surface area contributed by atoms with Gasteiger partial charge in [0, 0.05) is 31.7 Å². The first-order valence-corrected chi connectivity index (χ1v) is 7.31. The molecule has 0 unspecified atom stereocenters. The van der Waals surface area contributed by atoms with E-state index in [1.807, 2.05) is 32.9 Å². The third-order valence-electron chi connectivity index (χ3n) is 3.53. The minimum absolute atomic E-state index is 0.0699. The van der Waals surface area contributed by atoms with Gasteiger partial charge in [0.05, 0.1) is 6.04 Å². The van der Waals surface area contributed by atoms with Gasteiger partial charge in [-0.2, -0.15) is 0 Å². The fourth-order valence-electron chi connectivity index (χ4n) is 2.33. The van der Waals surface area contributed by atoms with Crippen molar-refractivity contribution in [3.05, 3.63) is 47.5 Å². The summed E-state index contributed by atoms with van der Waals surface area (Å²) in [6.45, 7) is 6.39. The van der Waals surface area contributed by atoms with Crippen molar-refractivity contribution in [1.29, 1.82) is 0 Å². The van der Waals surface area contributed by atoms with Gasteiger partial charge in [-0.3, -0.25) is 9.78 Å². The van der Waals surface area contributed by atoms with Gasteiger partial charge in [-0.25, -0.2) is 9.97 Å². The molecular formula is C16H21N5O. The Hall–Kier alpha value is -2.50. The van der Waals surface area contributed by atoms with Gasteiger partial charge in [0.15, 0.2) is 0 Å². The Morgan fingerprint density at radius 2 is 2.18 bits per heavy atom. The molecule has 6 heteroatoms. The lowest BCUT2D eigenvalue weighted by atomic mass is 10.1. The predicted molar refractivity (Wildman–Crippen MR) is 85.7 cm³/mol. The number of hydrogen-bond donors (Lipinski definition) is 1. The van der Waals surface area contributed by atoms with Gasteiger partial charge >= 0.3 is 0 Å². The fourth-order valence-corrected chi connectivity index (χ4v) is 2.33. The number of amides is 1. The number of anilines is 1. The van der Waals surface area contributed by atoms with E-state index >= 15 is 0 Å². The summed E-state index contributed by atoms with van der Waals surface area (Å²) in [4.78, 5) is 27.2. The number of aryl methyl sites for hydroxylation is 1. The molecule has 0 spiro atoms. The highest BCUT2D eigenvalue weighted by Gasteiger charge is 2.23. The van der Waals surface area contributed by atoms with Gasteiger partial charge < -0.3 is 10.2 Å². The second-order valence-electron chi connectivity index (χ2n) is 5.02. The van der Waals surface area contributed by atoms with E-state index in [9.17, 15) is 4.79 Å². The number of aromatic nitrogens is 3. The number of carbonyl (C=O) groups is 1. The third-order valence-corrected chi connectivity index (χ3v) is 3.53. The van der Waals surface area contributed by atoms with E-state index in [2.05, 4.69) is 20.3 Å². The van der Waals surface area contributed by atoms with Crippen LogP contribution in [0.5, 0.6) is 0 Å². The normalized spacial score (nSPS) is 11.8. The van der Waals surface area contributed by atoms with Crippen molar-refractivity contribution in [2.24, 2.45) is 0 Å². The van der Waals surface area contributed by atoms with Crippen LogP contribution >= 0.6 is 0 Å². The lowest BCUT2D eigenvalue weighted by Crippen LogP contribution is -2.34. The molecule has 0 aliphatic rings. The maximum atomic E-state index is 12.8. The van der Waals surface area contributed by atoms with Crippen LogP contribution in [0.25, 0.3) is 0 Å². The highest BCUT2D eigenvalue weighted by molar-refractivity contribution is 5.93. The van der Waals surface area contributed by atoms with Crippen LogP contribution in [0, 0.1) is 6.92 Å². The summed E-state index contributed by atoms with van der Waals surface area (Å²) in [5.41, 5.74) is 2.15. The summed E-state index contributed by atoms with van der Waals surface area (Å²) in [7, 11) is 1.74. The summed E-state index contributed by atoms with van der Waals surface area (Å²) < 4.78 is 0. The molecule has 1 N–H and O–H groups in total. The van der Waals surface area contributed by atoms with E-state index in [0.717, 1.165) is 11.3 Å². The van der Waals surface area contributed by atoms with Gasteiger partial charge in [-0.1, -0.05) is 6.07 Å². The quantitative estimate of drug-likeness (QED) is 0.918. The largest absolute Gasteiger partial charge is 0.357 e. The van der Waals surface area contributed by atoms with Gasteiger partial charge in [0.2, 0.25) is 5.95 Å². The fraction of sp³-hybridized carbons (Fsp3) is 0.375. The van der Waals surface area contributed by atoms with Crippen molar-refractivity contribution in [1.82, 2.24) is 19.9 Å². The molecule has 2 aromatic rings. The molecule has 0 bridgehead atoms. The molecule has 6 nitrogen and oxygen atoms in total. The molecular weight excluding hydrogens is 278 g/mol. The zero-order chi connectivity index (χ0) is 16.1. The summed E-state index contributed by atoms with van der Waals surface area (Å²) in [6, 6.07) is 5.48. The Labute approximate surface area is 130 Å². The van der Waals surface area contributed by atoms with Crippen molar-refractivity contribution < 1.29 is 4.79 Å². The maximum absolute atomic E-state index is 12.8. The zero-order valence-corrected chi connectivity index (χ0v) is 13.4. The molecule has 1 amide bonds. The molecule has 0 fully saturated rings. The first kappa shape index (κ1) is 15.9. The van der Waals surface area contributed by atoms with Crippen molar-refractivity contribution >= 4 is 11.9 Å². The van der Waals surface area contributed by atoms with E-state index in [1.165, 1.54) is 0 Å². The summed E-state index contributed by atoms with van der Waals surface area (Å²) in [6.07, 6.45) is 3.51. The number of pyridine rings is 1. The molecule has 22 heavy (non-hydrogen) atoms. The highest BCUT2D eigenvalue weighted by Crippen LogP contribution is 2.21. The third kappa shape index (κ3) is 3.39. The molecule has 1 atom stereocenters. The van der Waals surface area contributed by atoms with Crippen LogP contribution in [-0.4, -0.2) is 39.4 Å². The average Bonchev–Trinajstić information content (AvgIpc) is 2.55. The Balaban J connectivity index is 2.31. The number of nitrogens with zero attached hydrogens (tertiary/aromatic N) is 4. The van der Waals surface area contributed by atoms with E-state index in [0.29, 0.717) is 18.2 Å². The average molecular weight is 299 g/mol. The van der Waals surface area contributed by atoms with Gasteiger partial charge in [-0.05, 0) is 38.5 Å². The zero-order valence-electron chi connectivity index (χ0n) is 13.4. The second-order valence-corrected chi connectivity index (χ2v) is 5.02. The smallest absolute Gasteiger partial charge is 0.273 e. The molecule has 0 aliphatic heterocycles. The van der Waals surface area contributed by atoms with E-state index in [4.69, 9.17) is 0 Å². The Morgan fingerprint density at radius 1 is 1.41 bits per heavy atom. The second kappa shape index (κ2) is 6.98. The van der Waals surface area contributed by atoms with Gasteiger partial charge in [-0.15, -0.1) is 0 Å². The van der Waals surface area contributed by atoms with Crippen LogP contribution in [0.2, 0.25) is 0 Å². The molecule has 0 saturated heterocycles. The van der Waals surface area contributed by atoms with E-state index in [-0.39, 0.29) is 11.9 Å². The molecule has 2 aromatic heterocycles. The van der Waals surface area contributed by atoms with Crippen LogP contribution in [0.3, 0.4) is 0 Å². The van der Waals surface area contributed by atoms with Crippen LogP contribution in [0.4, 0.5) is 5.95 Å². The van der Waals surface area contributed by atoms with Gasteiger partial charge in [0.1, 0.15) is 5.69 Å². The summed E-state index contributed by atoms with van der Waals surface area (Å²) in [5, 5.41) is 2.88. The summed E-state index contributed by atoms with van der Waals surface area (Å²) >= 11 is 0. The molecule has 116 valence electrons. The number of nitrogens with one attached hydrogen (secondary N) is 1. The monoisotopic (exact) mass is 299 g/mol. The maximum Gasteiger partial charge on any atom is 0.273 e. The number of rotatable bonds is 5. The van der Waals surface area contributed by atoms with Crippen LogP contribution in [0.1, 0.15) is 41.6 Å². The Bertz CT molecular complexity index is 644. The van der Waals surface area contributed by atoms with Crippen LogP contribution in [-0.2, 0) is 0 Å². The highest BCUT2D eigenvalue weighted by atomic mass is 16.2. The number of hydrogen-bond acceptors (Lipinski definition) is 5. The van der Waals surface area contributed by atoms with Crippen LogP contribution < -0.4 is 5.32 Å². The van der Waals surface area contributed by atoms with Crippen molar-refractivity contribution in [2.75, 3.05) is 18.9 Å². The molecule has 0 saturated carbocycles. The first-order chi connectivity index (χ1) is 10.6. The standard InChI is InChI=1S/C16H21N5O/c1-5-21(12(3)13-7-6-8-18-10-13)15(22)14-9-11(2)19-16(17-4)20-14/h6-10,12H,5H2,1-4H3,(H,17,19,20)/t12-/m0/s1. The SMILES string of the molecule is CCN(C(=O)c1cc(C)nc(NC)n1)[C@@H](C)c1cccnc1. The minimum atomic E-state index is -0.110. The Morgan fingerprint density at radius 3 is 2.77 bits per heavy atom. The number of carbonyl (C=O) groups excluding carboxylic acids is 1. The summed E-state index contributed by atoms with van der Waals surface area (Å²) in [5.74, 6) is 0.342. The molecule has 2 heterocycles. The lowest BCUT2D eigenvalue weighted by Gasteiger charge is -2.28. The molecule has 0 aromatic carbocycles. The topological polar surface area (TPSA) is 71.0 Å². The molecule has 0 aliphatic carbocycles. The lowest BCUT2D eigenvalue weighted by molar-refractivity contribution is 0.0696. The predicted octanol–water partition coefficient (Wildman–Crippen LogP) is 2.45. The Kier molecular flexibility index (Phi) is 5.04. The van der Waals surface area contributed by atoms with Crippen LogP contribution in [0.15, 0.2) is 30.6 Å². The van der Waals surface area contributed by atoms with E-state index in [1.54, 1.807) is 30.4 Å². The molecule has 0 radical (unpaired) electrons. The van der Waals surface area contributed by atoms with Gasteiger partial charge in [0.25, 0.3) is 5.91 Å². The first-order valence-electron chi connectivity index (χ1n) is 7.31. The van der Waals surface area contributed by atoms with Crippen molar-refractivity contribution in [3.8, 4) is 0 Å². The van der Waals surface area contributed by atoms with Crippen molar-refractivity contribution in [2.45, 2.75) is 26.8 Å². The minimum Gasteiger partial charge on any atom is -0.357 e.